The summed E-state index contributed by atoms with van der Waals surface area (Å²) in [5, 5.41) is 7.80. The zero-order valence-electron chi connectivity index (χ0n) is 12.4. The van der Waals surface area contributed by atoms with Gasteiger partial charge in [-0.1, -0.05) is 24.6 Å². The van der Waals surface area contributed by atoms with Crippen molar-refractivity contribution in [2.75, 3.05) is 14.2 Å². The van der Waals surface area contributed by atoms with E-state index in [0.717, 1.165) is 18.7 Å². The van der Waals surface area contributed by atoms with Gasteiger partial charge in [0.05, 0.1) is 19.3 Å². The molecule has 0 aliphatic carbocycles. The molecule has 1 heterocycles. The van der Waals surface area contributed by atoms with Gasteiger partial charge in [-0.2, -0.15) is 5.10 Å². The van der Waals surface area contributed by atoms with Gasteiger partial charge in [0.1, 0.15) is 11.5 Å². The minimum atomic E-state index is -0.428. The summed E-state index contributed by atoms with van der Waals surface area (Å²) in [4.78, 5) is 0. The van der Waals surface area contributed by atoms with Gasteiger partial charge >= 0.3 is 0 Å². The first-order chi connectivity index (χ1) is 10.1. The molecule has 0 aliphatic rings. The van der Waals surface area contributed by atoms with E-state index >= 15 is 0 Å². The highest BCUT2D eigenvalue weighted by Crippen LogP contribution is 2.34. The lowest BCUT2D eigenvalue weighted by Gasteiger charge is -2.21. The number of halogens is 2. The Morgan fingerprint density at radius 3 is 2.81 bits per heavy atom. The van der Waals surface area contributed by atoms with E-state index in [1.54, 1.807) is 32.5 Å². The molecule has 0 saturated carbocycles. The molecule has 0 fully saturated rings. The number of hydrogen-bond donors (Lipinski definition) is 1. The second kappa shape index (κ2) is 6.91. The number of methoxy groups -OCH3 is 1. The van der Waals surface area contributed by atoms with E-state index in [2.05, 4.69) is 17.3 Å². The van der Waals surface area contributed by atoms with Crippen molar-refractivity contribution in [3.05, 3.63) is 46.5 Å². The lowest BCUT2D eigenvalue weighted by Crippen LogP contribution is -2.23. The number of nitrogens with one attached hydrogen (secondary N) is 1. The fourth-order valence-corrected chi connectivity index (χ4v) is 2.69. The van der Waals surface area contributed by atoms with Crippen molar-refractivity contribution in [1.82, 2.24) is 15.1 Å². The molecule has 114 valence electrons. The Morgan fingerprint density at radius 1 is 1.48 bits per heavy atom. The molecule has 1 aromatic carbocycles. The first kappa shape index (κ1) is 15.8. The van der Waals surface area contributed by atoms with E-state index in [1.165, 1.54) is 6.07 Å². The molecule has 4 nitrogen and oxygen atoms in total. The normalized spacial score (nSPS) is 12.4. The van der Waals surface area contributed by atoms with Crippen LogP contribution in [0.1, 0.15) is 30.6 Å². The standard InChI is InChI=1S/C15H19ClFN3O/c1-4-8-20-15(12(21-3)9-19-20)14(18-2)13-10(16)6-5-7-11(13)17/h5-7,9,14,18H,4,8H2,1-3H3. The Bertz CT molecular complexity index is 595. The van der Waals surface area contributed by atoms with Crippen molar-refractivity contribution in [3.63, 3.8) is 0 Å². The largest absolute Gasteiger partial charge is 0.493 e. The van der Waals surface area contributed by atoms with Crippen LogP contribution in [0.25, 0.3) is 0 Å². The smallest absolute Gasteiger partial charge is 0.161 e. The molecule has 6 heteroatoms. The summed E-state index contributed by atoms with van der Waals surface area (Å²) in [5.41, 5.74) is 1.17. The van der Waals surface area contributed by atoms with Crippen molar-refractivity contribution in [2.45, 2.75) is 25.9 Å². The first-order valence-corrected chi connectivity index (χ1v) is 7.22. The van der Waals surface area contributed by atoms with Gasteiger partial charge in [-0.25, -0.2) is 4.39 Å². The number of nitrogens with zero attached hydrogens (tertiary/aromatic N) is 2. The highest BCUT2D eigenvalue weighted by molar-refractivity contribution is 6.31. The van der Waals surface area contributed by atoms with Crippen LogP contribution in [0.4, 0.5) is 4.39 Å². The molecule has 1 aromatic heterocycles. The van der Waals surface area contributed by atoms with Crippen molar-refractivity contribution in [2.24, 2.45) is 0 Å². The molecular formula is C15H19ClFN3O. The Balaban J connectivity index is 2.58. The lowest BCUT2D eigenvalue weighted by atomic mass is 10.0. The average molecular weight is 312 g/mol. The number of rotatable bonds is 6. The van der Waals surface area contributed by atoms with Crippen LogP contribution in [-0.2, 0) is 6.54 Å². The zero-order valence-corrected chi connectivity index (χ0v) is 13.1. The Morgan fingerprint density at radius 2 is 2.24 bits per heavy atom. The van der Waals surface area contributed by atoms with Crippen LogP contribution >= 0.6 is 11.6 Å². The van der Waals surface area contributed by atoms with E-state index in [1.807, 2.05) is 4.68 Å². The van der Waals surface area contributed by atoms with Crippen LogP contribution < -0.4 is 10.1 Å². The molecule has 0 saturated heterocycles. The molecule has 21 heavy (non-hydrogen) atoms. The molecule has 0 radical (unpaired) electrons. The fraction of sp³-hybridized carbons (Fsp3) is 0.400. The van der Waals surface area contributed by atoms with Crippen LogP contribution in [-0.4, -0.2) is 23.9 Å². The van der Waals surface area contributed by atoms with Crippen molar-refractivity contribution in [1.29, 1.82) is 0 Å². The summed E-state index contributed by atoms with van der Waals surface area (Å²) in [7, 11) is 3.34. The summed E-state index contributed by atoms with van der Waals surface area (Å²) in [6.07, 6.45) is 2.56. The molecule has 1 unspecified atom stereocenters. The second-order valence-electron chi connectivity index (χ2n) is 4.68. The number of hydrogen-bond acceptors (Lipinski definition) is 3. The third-order valence-corrected chi connectivity index (χ3v) is 3.68. The van der Waals surface area contributed by atoms with Crippen molar-refractivity contribution in [3.8, 4) is 5.75 Å². The Hall–Kier alpha value is -1.59. The summed E-state index contributed by atoms with van der Waals surface area (Å²) in [6.45, 7) is 2.78. The molecule has 0 bridgehead atoms. The minimum absolute atomic E-state index is 0.354. The Labute approximate surface area is 128 Å². The van der Waals surface area contributed by atoms with Gasteiger partial charge in [-0.05, 0) is 25.6 Å². The van der Waals surface area contributed by atoms with Gasteiger partial charge in [-0.3, -0.25) is 4.68 Å². The predicted octanol–water partition coefficient (Wildman–Crippen LogP) is 3.40. The maximum Gasteiger partial charge on any atom is 0.161 e. The van der Waals surface area contributed by atoms with E-state index < -0.39 is 6.04 Å². The third kappa shape index (κ3) is 3.04. The first-order valence-electron chi connectivity index (χ1n) is 6.84. The quantitative estimate of drug-likeness (QED) is 0.888. The van der Waals surface area contributed by atoms with Gasteiger partial charge in [-0.15, -0.1) is 0 Å². The SMILES string of the molecule is CCCn1ncc(OC)c1C(NC)c1c(F)cccc1Cl. The van der Waals surface area contributed by atoms with E-state index in [9.17, 15) is 4.39 Å². The van der Waals surface area contributed by atoms with Gasteiger partial charge in [0.25, 0.3) is 0 Å². The van der Waals surface area contributed by atoms with E-state index in [0.29, 0.717) is 16.3 Å². The van der Waals surface area contributed by atoms with E-state index in [-0.39, 0.29) is 5.82 Å². The summed E-state index contributed by atoms with van der Waals surface area (Å²) in [5.74, 6) is 0.260. The molecule has 0 aliphatic heterocycles. The number of ether oxygens (including phenoxy) is 1. The van der Waals surface area contributed by atoms with Crippen LogP contribution in [0.5, 0.6) is 5.75 Å². The summed E-state index contributed by atoms with van der Waals surface area (Å²) in [6, 6.07) is 4.24. The fourth-order valence-electron chi connectivity index (χ4n) is 2.42. The monoisotopic (exact) mass is 311 g/mol. The van der Waals surface area contributed by atoms with Gasteiger partial charge in [0.2, 0.25) is 0 Å². The van der Waals surface area contributed by atoms with E-state index in [4.69, 9.17) is 16.3 Å². The summed E-state index contributed by atoms with van der Waals surface area (Å²) < 4.78 is 21.4. The van der Waals surface area contributed by atoms with Crippen LogP contribution in [0, 0.1) is 5.82 Å². The number of aromatic nitrogens is 2. The van der Waals surface area contributed by atoms with Crippen LogP contribution in [0.3, 0.4) is 0 Å². The predicted molar refractivity (Wildman–Crippen MR) is 81.4 cm³/mol. The second-order valence-corrected chi connectivity index (χ2v) is 5.09. The molecule has 1 atom stereocenters. The topological polar surface area (TPSA) is 39.1 Å². The molecule has 0 amide bonds. The van der Waals surface area contributed by atoms with Gasteiger partial charge < -0.3 is 10.1 Å². The highest BCUT2D eigenvalue weighted by Gasteiger charge is 2.26. The third-order valence-electron chi connectivity index (χ3n) is 3.35. The molecule has 1 N–H and O–H groups in total. The van der Waals surface area contributed by atoms with Crippen molar-refractivity contribution < 1.29 is 9.13 Å². The summed E-state index contributed by atoms with van der Waals surface area (Å²) >= 11 is 6.19. The van der Waals surface area contributed by atoms with Gasteiger partial charge in [0.15, 0.2) is 5.75 Å². The number of aryl methyl sites for hydroxylation is 1. The zero-order chi connectivity index (χ0) is 15.4. The maximum absolute atomic E-state index is 14.2. The molecular weight excluding hydrogens is 293 g/mol. The van der Waals surface area contributed by atoms with Crippen LogP contribution in [0.15, 0.2) is 24.4 Å². The highest BCUT2D eigenvalue weighted by atomic mass is 35.5. The molecule has 2 aromatic rings. The number of benzene rings is 1. The Kier molecular flexibility index (Phi) is 5.20. The van der Waals surface area contributed by atoms with Crippen LogP contribution in [0.2, 0.25) is 5.02 Å². The lowest BCUT2D eigenvalue weighted by molar-refractivity contribution is 0.399. The average Bonchev–Trinajstić information content (AvgIpc) is 2.86. The van der Waals surface area contributed by atoms with Gasteiger partial charge in [0, 0.05) is 17.1 Å². The molecule has 0 spiro atoms. The minimum Gasteiger partial charge on any atom is -0.493 e. The molecule has 2 rings (SSSR count). The van der Waals surface area contributed by atoms with Crippen molar-refractivity contribution >= 4 is 11.6 Å². The maximum atomic E-state index is 14.2.